The van der Waals surface area contributed by atoms with Crippen LogP contribution in [0.4, 0.5) is 0 Å². The topological polar surface area (TPSA) is 39.1 Å². The van der Waals surface area contributed by atoms with Crippen molar-refractivity contribution in [2.45, 2.75) is 39.8 Å². The van der Waals surface area contributed by atoms with E-state index in [1.807, 2.05) is 18.7 Å². The second-order valence-corrected chi connectivity index (χ2v) is 4.84. The van der Waals surface area contributed by atoms with Gasteiger partial charge in [-0.25, -0.2) is 0 Å². The largest absolute Gasteiger partial charge is 0.377 e. The molecule has 4 nitrogen and oxygen atoms in total. The molecular weight excluding hydrogens is 202 g/mol. The smallest absolute Gasteiger partial charge is 0.0746 e. The molecule has 0 bridgehead atoms. The number of ether oxygens (including phenoxy) is 1. The van der Waals surface area contributed by atoms with Gasteiger partial charge in [-0.15, -0.1) is 0 Å². The van der Waals surface area contributed by atoms with Crippen molar-refractivity contribution >= 4 is 0 Å². The van der Waals surface area contributed by atoms with Crippen LogP contribution < -0.4 is 5.32 Å². The fourth-order valence-electron chi connectivity index (χ4n) is 1.63. The highest BCUT2D eigenvalue weighted by Crippen LogP contribution is 2.12. The number of methoxy groups -OCH3 is 1. The first kappa shape index (κ1) is 13.2. The molecule has 0 saturated heterocycles. The van der Waals surface area contributed by atoms with E-state index in [1.165, 1.54) is 11.3 Å². The maximum atomic E-state index is 5.36. The standard InChI is InChI=1S/C12H23N3O/c1-9-11(10(2)15(5)14-9)7-13-8-12(3,4)16-6/h13H,7-8H2,1-6H3. The summed E-state index contributed by atoms with van der Waals surface area (Å²) in [6, 6.07) is 0. The Morgan fingerprint density at radius 3 is 2.44 bits per heavy atom. The van der Waals surface area contributed by atoms with Crippen LogP contribution in [0.15, 0.2) is 0 Å². The number of rotatable bonds is 5. The lowest BCUT2D eigenvalue weighted by Crippen LogP contribution is -2.36. The summed E-state index contributed by atoms with van der Waals surface area (Å²) < 4.78 is 7.28. The van der Waals surface area contributed by atoms with Crippen molar-refractivity contribution in [3.8, 4) is 0 Å². The van der Waals surface area contributed by atoms with E-state index in [4.69, 9.17) is 4.74 Å². The molecule has 0 atom stereocenters. The van der Waals surface area contributed by atoms with Gasteiger partial charge in [-0.1, -0.05) is 0 Å². The predicted molar refractivity (Wildman–Crippen MR) is 65.5 cm³/mol. The molecule has 0 amide bonds. The summed E-state index contributed by atoms with van der Waals surface area (Å²) >= 11 is 0. The number of aromatic nitrogens is 2. The highest BCUT2D eigenvalue weighted by Gasteiger charge is 2.16. The van der Waals surface area contributed by atoms with Crippen molar-refractivity contribution < 1.29 is 4.74 Å². The van der Waals surface area contributed by atoms with Crippen LogP contribution in [-0.4, -0.2) is 29.0 Å². The maximum absolute atomic E-state index is 5.36. The first-order chi connectivity index (χ1) is 7.37. The van der Waals surface area contributed by atoms with Gasteiger partial charge in [0, 0.05) is 38.5 Å². The summed E-state index contributed by atoms with van der Waals surface area (Å²) in [7, 11) is 3.72. The van der Waals surface area contributed by atoms with Gasteiger partial charge in [-0.2, -0.15) is 5.10 Å². The van der Waals surface area contributed by atoms with Crippen molar-refractivity contribution in [2.24, 2.45) is 7.05 Å². The van der Waals surface area contributed by atoms with Crippen LogP contribution in [0.5, 0.6) is 0 Å². The van der Waals surface area contributed by atoms with E-state index in [2.05, 4.69) is 31.2 Å². The van der Waals surface area contributed by atoms with Gasteiger partial charge in [0.15, 0.2) is 0 Å². The molecule has 4 heteroatoms. The third kappa shape index (κ3) is 3.06. The van der Waals surface area contributed by atoms with Crippen molar-refractivity contribution in [2.75, 3.05) is 13.7 Å². The normalized spacial score (nSPS) is 12.1. The molecular formula is C12H23N3O. The van der Waals surface area contributed by atoms with Gasteiger partial charge in [-0.05, 0) is 27.7 Å². The van der Waals surface area contributed by atoms with Crippen LogP contribution in [0.25, 0.3) is 0 Å². The van der Waals surface area contributed by atoms with E-state index < -0.39 is 0 Å². The molecule has 16 heavy (non-hydrogen) atoms. The number of hydrogen-bond donors (Lipinski definition) is 1. The number of nitrogens with one attached hydrogen (secondary N) is 1. The molecule has 0 spiro atoms. The molecule has 0 unspecified atom stereocenters. The molecule has 0 aliphatic carbocycles. The molecule has 0 aliphatic heterocycles. The third-order valence-electron chi connectivity index (χ3n) is 3.06. The molecule has 0 radical (unpaired) electrons. The Kier molecular flexibility index (Phi) is 4.10. The van der Waals surface area contributed by atoms with Crippen molar-refractivity contribution in [1.82, 2.24) is 15.1 Å². The van der Waals surface area contributed by atoms with Gasteiger partial charge in [0.05, 0.1) is 11.3 Å². The van der Waals surface area contributed by atoms with Crippen LogP contribution >= 0.6 is 0 Å². The van der Waals surface area contributed by atoms with E-state index in [-0.39, 0.29) is 5.60 Å². The van der Waals surface area contributed by atoms with Gasteiger partial charge in [0.2, 0.25) is 0 Å². The van der Waals surface area contributed by atoms with Crippen LogP contribution in [0, 0.1) is 13.8 Å². The van der Waals surface area contributed by atoms with E-state index in [1.54, 1.807) is 7.11 Å². The molecule has 0 fully saturated rings. The van der Waals surface area contributed by atoms with Crippen LogP contribution in [0.2, 0.25) is 0 Å². The maximum Gasteiger partial charge on any atom is 0.0746 e. The lowest BCUT2D eigenvalue weighted by molar-refractivity contribution is 0.0230. The lowest BCUT2D eigenvalue weighted by Gasteiger charge is -2.23. The minimum absolute atomic E-state index is 0.121. The van der Waals surface area contributed by atoms with Gasteiger partial charge < -0.3 is 10.1 Å². The molecule has 1 heterocycles. The van der Waals surface area contributed by atoms with Crippen molar-refractivity contribution in [1.29, 1.82) is 0 Å². The van der Waals surface area contributed by atoms with Crippen molar-refractivity contribution in [3.05, 3.63) is 17.0 Å². The first-order valence-corrected chi connectivity index (χ1v) is 5.62. The predicted octanol–water partition coefficient (Wildman–Crippen LogP) is 1.55. The summed E-state index contributed by atoms with van der Waals surface area (Å²) in [5.74, 6) is 0. The fraction of sp³-hybridized carbons (Fsp3) is 0.750. The Labute approximate surface area is 98.0 Å². The lowest BCUT2D eigenvalue weighted by atomic mass is 10.1. The summed E-state index contributed by atoms with van der Waals surface area (Å²) in [4.78, 5) is 0. The first-order valence-electron chi connectivity index (χ1n) is 5.62. The van der Waals surface area contributed by atoms with Gasteiger partial charge in [0.1, 0.15) is 0 Å². The molecule has 92 valence electrons. The minimum atomic E-state index is -0.121. The van der Waals surface area contributed by atoms with E-state index >= 15 is 0 Å². The summed E-state index contributed by atoms with van der Waals surface area (Å²) in [6.07, 6.45) is 0. The van der Waals surface area contributed by atoms with Gasteiger partial charge in [0.25, 0.3) is 0 Å². The minimum Gasteiger partial charge on any atom is -0.377 e. The van der Waals surface area contributed by atoms with E-state index in [0.29, 0.717) is 0 Å². The Morgan fingerprint density at radius 2 is 2.00 bits per heavy atom. The number of aryl methyl sites for hydroxylation is 2. The number of nitrogens with zero attached hydrogens (tertiary/aromatic N) is 2. The Balaban J connectivity index is 2.55. The highest BCUT2D eigenvalue weighted by molar-refractivity contribution is 5.23. The number of hydrogen-bond acceptors (Lipinski definition) is 3. The van der Waals surface area contributed by atoms with Gasteiger partial charge in [-0.3, -0.25) is 4.68 Å². The zero-order valence-electron chi connectivity index (χ0n) is 11.2. The monoisotopic (exact) mass is 225 g/mol. The highest BCUT2D eigenvalue weighted by atomic mass is 16.5. The van der Waals surface area contributed by atoms with Crippen molar-refractivity contribution in [3.63, 3.8) is 0 Å². The third-order valence-corrected chi connectivity index (χ3v) is 3.06. The fourth-order valence-corrected chi connectivity index (χ4v) is 1.63. The zero-order chi connectivity index (χ0) is 12.3. The average Bonchev–Trinajstić information content (AvgIpc) is 2.44. The average molecular weight is 225 g/mol. The molecule has 0 aliphatic rings. The molecule has 1 rings (SSSR count). The van der Waals surface area contributed by atoms with Crippen LogP contribution in [0.3, 0.4) is 0 Å². The Morgan fingerprint density at radius 1 is 1.38 bits per heavy atom. The second kappa shape index (κ2) is 4.97. The molecule has 0 saturated carbocycles. The Hall–Kier alpha value is -0.870. The quantitative estimate of drug-likeness (QED) is 0.826. The summed E-state index contributed by atoms with van der Waals surface area (Å²) in [5, 5.41) is 7.80. The van der Waals surface area contributed by atoms with E-state index in [0.717, 1.165) is 18.8 Å². The van der Waals surface area contributed by atoms with Gasteiger partial charge >= 0.3 is 0 Å². The zero-order valence-corrected chi connectivity index (χ0v) is 11.2. The molecule has 1 N–H and O–H groups in total. The van der Waals surface area contributed by atoms with E-state index in [9.17, 15) is 0 Å². The van der Waals surface area contributed by atoms with Crippen LogP contribution in [0.1, 0.15) is 30.8 Å². The Bertz CT molecular complexity index is 355. The second-order valence-electron chi connectivity index (χ2n) is 4.84. The molecule has 1 aromatic heterocycles. The molecule has 0 aromatic carbocycles. The SMILES string of the molecule is COC(C)(C)CNCc1c(C)nn(C)c1C. The molecule has 1 aromatic rings. The van der Waals surface area contributed by atoms with Crippen LogP contribution in [-0.2, 0) is 18.3 Å². The summed E-state index contributed by atoms with van der Waals surface area (Å²) in [6.45, 7) is 9.96. The summed E-state index contributed by atoms with van der Waals surface area (Å²) in [5.41, 5.74) is 3.49.